The predicted octanol–water partition coefficient (Wildman–Crippen LogP) is 1.58. The molecule has 2 N–H and O–H groups in total. The highest BCUT2D eigenvalue weighted by molar-refractivity contribution is 7.80. The smallest absolute Gasteiger partial charge is 0.263 e. The molecule has 0 radical (unpaired) electrons. The molecule has 1 aliphatic rings. The highest BCUT2D eigenvalue weighted by Gasteiger charge is 2.31. The summed E-state index contributed by atoms with van der Waals surface area (Å²) >= 11 is 10.9. The monoisotopic (exact) mass is 284 g/mol. The second kappa shape index (κ2) is 5.12. The fraction of sp³-hybridized carbons (Fsp3) is 0.333. The van der Waals surface area contributed by atoms with Crippen LogP contribution < -0.4 is 10.5 Å². The number of nitrogens with zero attached hydrogens (tertiary/aromatic N) is 1. The largest absolute Gasteiger partial charge is 0.480 e. The number of halogens is 1. The third-order valence-corrected chi connectivity index (χ3v) is 3.31. The number of rotatable bonds is 3. The minimum atomic E-state index is -0.485. The summed E-state index contributed by atoms with van der Waals surface area (Å²) < 4.78 is 5.69. The van der Waals surface area contributed by atoms with Crippen molar-refractivity contribution in [2.45, 2.75) is 12.5 Å². The Hall–Kier alpha value is -1.33. The normalized spacial score (nSPS) is 19.1. The molecule has 1 heterocycles. The van der Waals surface area contributed by atoms with Crippen LogP contribution >= 0.6 is 23.8 Å². The summed E-state index contributed by atoms with van der Waals surface area (Å²) in [5.74, 6) is 0.424. The van der Waals surface area contributed by atoms with E-state index < -0.39 is 6.10 Å². The number of thiocarbonyl (C=S) groups is 1. The summed E-state index contributed by atoms with van der Waals surface area (Å²) in [4.78, 5) is 13.6. The lowest BCUT2D eigenvalue weighted by Gasteiger charge is -2.15. The Morgan fingerprint density at radius 3 is 2.89 bits per heavy atom. The quantitative estimate of drug-likeness (QED) is 0.857. The molecular weight excluding hydrogens is 272 g/mol. The summed E-state index contributed by atoms with van der Waals surface area (Å²) in [6.45, 7) is 0.687. The van der Waals surface area contributed by atoms with Crippen LogP contribution in [0.5, 0.6) is 5.75 Å². The number of hydrogen-bond acceptors (Lipinski definition) is 3. The first-order chi connectivity index (χ1) is 8.49. The predicted molar refractivity (Wildman–Crippen MR) is 74.0 cm³/mol. The Labute approximate surface area is 116 Å². The zero-order chi connectivity index (χ0) is 13.3. The molecule has 18 heavy (non-hydrogen) atoms. The van der Waals surface area contributed by atoms with Crippen LogP contribution in [0.3, 0.4) is 0 Å². The van der Waals surface area contributed by atoms with E-state index >= 15 is 0 Å². The van der Waals surface area contributed by atoms with E-state index in [-0.39, 0.29) is 10.9 Å². The molecule has 0 spiro atoms. The fourth-order valence-corrected chi connectivity index (χ4v) is 2.18. The summed E-state index contributed by atoms with van der Waals surface area (Å²) in [7, 11) is 1.75. The van der Waals surface area contributed by atoms with Gasteiger partial charge in [0.15, 0.2) is 6.10 Å². The average Bonchev–Trinajstić information content (AvgIpc) is 2.61. The van der Waals surface area contributed by atoms with Gasteiger partial charge >= 0.3 is 0 Å². The van der Waals surface area contributed by atoms with E-state index in [1.54, 1.807) is 30.1 Å². The standard InChI is InChI=1S/C12H13ClN2O2S/c1-15-5-4-9(12(15)16)17-10-6-7(13)2-3-8(10)11(14)18/h2-3,6,9H,4-5H2,1H3,(H2,14,18). The number of nitrogens with two attached hydrogens (primary N) is 1. The van der Waals surface area contributed by atoms with Crippen molar-refractivity contribution < 1.29 is 9.53 Å². The lowest BCUT2D eigenvalue weighted by atomic mass is 10.2. The van der Waals surface area contributed by atoms with E-state index in [1.165, 1.54) is 0 Å². The zero-order valence-electron chi connectivity index (χ0n) is 9.85. The Morgan fingerprint density at radius 1 is 1.61 bits per heavy atom. The highest BCUT2D eigenvalue weighted by Crippen LogP contribution is 2.26. The van der Waals surface area contributed by atoms with E-state index in [0.717, 1.165) is 0 Å². The minimum Gasteiger partial charge on any atom is -0.480 e. The number of carbonyl (C=O) groups is 1. The summed E-state index contributed by atoms with van der Waals surface area (Å²) in [5, 5.41) is 0.517. The topological polar surface area (TPSA) is 55.6 Å². The second-order valence-electron chi connectivity index (χ2n) is 4.16. The van der Waals surface area contributed by atoms with Crippen molar-refractivity contribution >= 4 is 34.7 Å². The Kier molecular flexibility index (Phi) is 3.73. The zero-order valence-corrected chi connectivity index (χ0v) is 11.4. The van der Waals surface area contributed by atoms with Gasteiger partial charge in [-0.1, -0.05) is 23.8 Å². The van der Waals surface area contributed by atoms with Crippen LogP contribution in [0.2, 0.25) is 5.02 Å². The van der Waals surface area contributed by atoms with Gasteiger partial charge in [-0.3, -0.25) is 4.79 Å². The molecule has 0 aromatic heterocycles. The molecule has 2 rings (SSSR count). The molecule has 4 nitrogen and oxygen atoms in total. The van der Waals surface area contributed by atoms with Crippen LogP contribution in [0, 0.1) is 0 Å². The molecule has 1 saturated heterocycles. The van der Waals surface area contributed by atoms with Crippen molar-refractivity contribution in [2.24, 2.45) is 5.73 Å². The van der Waals surface area contributed by atoms with Gasteiger partial charge in [-0.05, 0) is 18.2 Å². The van der Waals surface area contributed by atoms with Gasteiger partial charge in [0.05, 0.1) is 5.56 Å². The molecule has 1 fully saturated rings. The Balaban J connectivity index is 2.25. The number of carbonyl (C=O) groups excluding carboxylic acids is 1. The van der Waals surface area contributed by atoms with E-state index in [4.69, 9.17) is 34.3 Å². The van der Waals surface area contributed by atoms with Crippen molar-refractivity contribution in [2.75, 3.05) is 13.6 Å². The van der Waals surface area contributed by atoms with Crippen LogP contribution in [0.4, 0.5) is 0 Å². The Bertz CT molecular complexity index is 507. The maximum Gasteiger partial charge on any atom is 0.263 e. The molecular formula is C12H13ClN2O2S. The van der Waals surface area contributed by atoms with Gasteiger partial charge in [0.2, 0.25) is 0 Å². The third-order valence-electron chi connectivity index (χ3n) is 2.86. The molecule has 1 aromatic rings. The van der Waals surface area contributed by atoms with Gasteiger partial charge in [-0.25, -0.2) is 0 Å². The van der Waals surface area contributed by atoms with Gasteiger partial charge in [0.1, 0.15) is 10.7 Å². The van der Waals surface area contributed by atoms with Crippen LogP contribution in [-0.2, 0) is 4.79 Å². The first-order valence-electron chi connectivity index (χ1n) is 5.50. The maximum absolute atomic E-state index is 11.8. The number of hydrogen-bond donors (Lipinski definition) is 1. The van der Waals surface area contributed by atoms with E-state index in [9.17, 15) is 4.79 Å². The van der Waals surface area contributed by atoms with Gasteiger partial charge in [0, 0.05) is 25.0 Å². The molecule has 0 aliphatic carbocycles. The lowest BCUT2D eigenvalue weighted by molar-refractivity contribution is -0.132. The first kappa shape index (κ1) is 13.1. The fourth-order valence-electron chi connectivity index (χ4n) is 1.85. The van der Waals surface area contributed by atoms with Crippen LogP contribution in [0.15, 0.2) is 18.2 Å². The average molecular weight is 285 g/mol. The summed E-state index contributed by atoms with van der Waals surface area (Å²) in [5.41, 5.74) is 6.21. The molecule has 0 saturated carbocycles. The molecule has 96 valence electrons. The Morgan fingerprint density at radius 2 is 2.33 bits per heavy atom. The van der Waals surface area contributed by atoms with Gasteiger partial charge < -0.3 is 15.4 Å². The van der Waals surface area contributed by atoms with E-state index in [1.807, 2.05) is 0 Å². The molecule has 1 atom stereocenters. The van der Waals surface area contributed by atoms with Crippen LogP contribution in [-0.4, -0.2) is 35.5 Å². The van der Waals surface area contributed by atoms with E-state index in [2.05, 4.69) is 0 Å². The van der Waals surface area contributed by atoms with Gasteiger partial charge in [-0.15, -0.1) is 0 Å². The highest BCUT2D eigenvalue weighted by atomic mass is 35.5. The van der Waals surface area contributed by atoms with Crippen molar-refractivity contribution in [3.8, 4) is 5.75 Å². The van der Waals surface area contributed by atoms with Crippen molar-refractivity contribution in [1.82, 2.24) is 4.90 Å². The number of amides is 1. The van der Waals surface area contributed by atoms with E-state index in [0.29, 0.717) is 29.3 Å². The minimum absolute atomic E-state index is 0.0381. The second-order valence-corrected chi connectivity index (χ2v) is 5.04. The van der Waals surface area contributed by atoms with Crippen molar-refractivity contribution in [3.05, 3.63) is 28.8 Å². The number of likely N-dealkylation sites (tertiary alicyclic amines) is 1. The number of benzene rings is 1. The van der Waals surface area contributed by atoms with Crippen molar-refractivity contribution in [3.63, 3.8) is 0 Å². The number of likely N-dealkylation sites (N-methyl/N-ethyl adjacent to an activating group) is 1. The molecule has 1 aromatic carbocycles. The summed E-state index contributed by atoms with van der Waals surface area (Å²) in [6.07, 6.45) is 0.167. The first-order valence-corrected chi connectivity index (χ1v) is 6.28. The SMILES string of the molecule is CN1CCC(Oc2cc(Cl)ccc2C(N)=S)C1=O. The molecule has 1 aliphatic heterocycles. The molecule has 1 amide bonds. The van der Waals surface area contributed by atoms with Crippen molar-refractivity contribution in [1.29, 1.82) is 0 Å². The van der Waals surface area contributed by atoms with Crippen LogP contribution in [0.1, 0.15) is 12.0 Å². The molecule has 0 bridgehead atoms. The van der Waals surface area contributed by atoms with Gasteiger partial charge in [-0.2, -0.15) is 0 Å². The van der Waals surface area contributed by atoms with Gasteiger partial charge in [0.25, 0.3) is 5.91 Å². The van der Waals surface area contributed by atoms with Crippen LogP contribution in [0.25, 0.3) is 0 Å². The maximum atomic E-state index is 11.8. The molecule has 6 heteroatoms. The number of ether oxygens (including phenoxy) is 1. The third kappa shape index (κ3) is 2.57. The molecule has 1 unspecified atom stereocenters. The lowest BCUT2D eigenvalue weighted by Crippen LogP contribution is -2.30. The summed E-state index contributed by atoms with van der Waals surface area (Å²) in [6, 6.07) is 5.01.